The fourth-order valence-electron chi connectivity index (χ4n) is 4.46. The minimum atomic E-state index is -3.65. The minimum absolute atomic E-state index is 0.111. The third-order valence-electron chi connectivity index (χ3n) is 5.96. The molecule has 2 aromatic carbocycles. The molecule has 1 aliphatic rings. The quantitative estimate of drug-likeness (QED) is 0.514. The summed E-state index contributed by atoms with van der Waals surface area (Å²) < 4.78 is 43.0. The number of aromatic amines is 1. The van der Waals surface area contributed by atoms with E-state index in [2.05, 4.69) is 38.2 Å². The first kappa shape index (κ1) is 19.9. The second-order valence-electron chi connectivity index (χ2n) is 8.08. The number of sulfonamides is 1. The number of hydrogen-bond acceptors (Lipinski definition) is 4. The van der Waals surface area contributed by atoms with Gasteiger partial charge in [-0.3, -0.25) is 0 Å². The van der Waals surface area contributed by atoms with Gasteiger partial charge in [0, 0.05) is 41.8 Å². The summed E-state index contributed by atoms with van der Waals surface area (Å²) >= 11 is 0. The van der Waals surface area contributed by atoms with Crippen molar-refractivity contribution >= 4 is 20.9 Å². The van der Waals surface area contributed by atoms with Crippen LogP contribution in [0.1, 0.15) is 13.3 Å². The van der Waals surface area contributed by atoms with E-state index in [1.165, 1.54) is 24.3 Å². The van der Waals surface area contributed by atoms with E-state index in [1.807, 2.05) is 19.2 Å². The molecule has 0 aliphatic carbocycles. The van der Waals surface area contributed by atoms with Crippen molar-refractivity contribution in [1.29, 1.82) is 0 Å². The van der Waals surface area contributed by atoms with Crippen LogP contribution in [0.25, 0.3) is 22.2 Å². The van der Waals surface area contributed by atoms with Gasteiger partial charge in [-0.25, -0.2) is 12.8 Å². The van der Waals surface area contributed by atoms with Crippen LogP contribution < -0.4 is 0 Å². The number of halogens is 1. The van der Waals surface area contributed by atoms with E-state index in [-0.39, 0.29) is 16.9 Å². The van der Waals surface area contributed by atoms with Crippen LogP contribution >= 0.6 is 0 Å². The summed E-state index contributed by atoms with van der Waals surface area (Å²) in [5.41, 5.74) is 2.88. The number of benzene rings is 2. The highest BCUT2D eigenvalue weighted by Gasteiger charge is 2.38. The normalized spacial score (nSPS) is 19.9. The topological polar surface area (TPSA) is 83.9 Å². The first-order valence-electron chi connectivity index (χ1n) is 10.1. The Morgan fingerprint density at radius 3 is 2.71 bits per heavy atom. The van der Waals surface area contributed by atoms with E-state index in [9.17, 15) is 12.8 Å². The smallest absolute Gasteiger partial charge is 0.243 e. The van der Waals surface area contributed by atoms with Gasteiger partial charge in [-0.05, 0) is 61.7 Å². The van der Waals surface area contributed by atoms with Crippen LogP contribution in [0.3, 0.4) is 0 Å². The molecule has 3 heterocycles. The molecule has 0 saturated carbocycles. The second kappa shape index (κ2) is 7.58. The highest BCUT2D eigenvalue weighted by atomic mass is 32.2. The molecule has 1 N–H and O–H groups in total. The summed E-state index contributed by atoms with van der Waals surface area (Å²) in [6, 6.07) is 13.1. The van der Waals surface area contributed by atoms with Crippen molar-refractivity contribution < 1.29 is 12.8 Å². The number of hydrogen-bond donors (Lipinski definition) is 1. The Bertz CT molecular complexity index is 1320. The van der Waals surface area contributed by atoms with Crippen LogP contribution in [0.4, 0.5) is 4.39 Å². The number of rotatable bonds is 5. The molecule has 1 saturated heterocycles. The number of aromatic nitrogens is 4. The fraction of sp³-hybridized carbons (Fsp3) is 0.273. The number of fused-ring (bicyclic) bond motifs is 1. The Kier molecular flexibility index (Phi) is 4.86. The molecule has 2 atom stereocenters. The van der Waals surface area contributed by atoms with Crippen molar-refractivity contribution in [3.05, 3.63) is 66.7 Å². The van der Waals surface area contributed by atoms with E-state index in [0.717, 1.165) is 35.1 Å². The van der Waals surface area contributed by atoms with E-state index < -0.39 is 15.8 Å². The first-order valence-corrected chi connectivity index (χ1v) is 11.6. The van der Waals surface area contributed by atoms with Crippen molar-refractivity contribution in [1.82, 2.24) is 24.3 Å². The molecule has 9 heteroatoms. The Morgan fingerprint density at radius 2 is 1.97 bits per heavy atom. The highest BCUT2D eigenvalue weighted by Crippen LogP contribution is 2.32. The lowest BCUT2D eigenvalue weighted by molar-refractivity contribution is 0.399. The Morgan fingerprint density at radius 1 is 1.16 bits per heavy atom. The van der Waals surface area contributed by atoms with Crippen LogP contribution in [-0.4, -0.2) is 45.3 Å². The molecule has 0 radical (unpaired) electrons. The molecule has 0 amide bonds. The molecule has 1 unspecified atom stereocenters. The maximum absolute atomic E-state index is 13.2. The Labute approximate surface area is 179 Å². The number of nitrogens with zero attached hydrogens (tertiary/aromatic N) is 4. The zero-order chi connectivity index (χ0) is 21.6. The molecule has 160 valence electrons. The lowest BCUT2D eigenvalue weighted by atomic mass is 10.1. The van der Waals surface area contributed by atoms with Gasteiger partial charge in [0.2, 0.25) is 10.0 Å². The van der Waals surface area contributed by atoms with Crippen molar-refractivity contribution in [3.63, 3.8) is 0 Å². The molecule has 0 bridgehead atoms. The monoisotopic (exact) mass is 439 g/mol. The lowest BCUT2D eigenvalue weighted by Gasteiger charge is -2.21. The Hall–Kier alpha value is -3.04. The van der Waals surface area contributed by atoms with Crippen LogP contribution in [-0.2, 0) is 16.6 Å². The predicted octanol–water partition coefficient (Wildman–Crippen LogP) is 3.66. The standard InChI is InChI=1S/C22H22FN5O2S/c1-15-10-16(14-28(15)31(29,30)20-5-3-19(23)4-6-20)13-27-9-8-18-11-17(2-7-22(18)27)21-12-24-26-25-21/h2-9,11-12,15-16H,10,13-14H2,1H3,(H,24,25,26)/t15-,16?/m0/s1. The van der Waals surface area contributed by atoms with Crippen LogP contribution in [0.15, 0.2) is 65.8 Å². The van der Waals surface area contributed by atoms with Gasteiger partial charge in [-0.15, -0.1) is 0 Å². The van der Waals surface area contributed by atoms with Crippen LogP contribution in [0.2, 0.25) is 0 Å². The summed E-state index contributed by atoms with van der Waals surface area (Å²) in [4.78, 5) is 0.133. The van der Waals surface area contributed by atoms with Crippen molar-refractivity contribution in [3.8, 4) is 11.3 Å². The molecule has 31 heavy (non-hydrogen) atoms. The molecular formula is C22H22FN5O2S. The zero-order valence-electron chi connectivity index (χ0n) is 16.9. The lowest BCUT2D eigenvalue weighted by Crippen LogP contribution is -2.34. The maximum atomic E-state index is 13.2. The van der Waals surface area contributed by atoms with Crippen LogP contribution in [0.5, 0.6) is 0 Å². The fourth-order valence-corrected chi connectivity index (χ4v) is 6.17. The van der Waals surface area contributed by atoms with E-state index >= 15 is 0 Å². The van der Waals surface area contributed by atoms with Gasteiger partial charge in [0.05, 0.1) is 11.1 Å². The molecule has 5 rings (SSSR count). The van der Waals surface area contributed by atoms with Crippen molar-refractivity contribution in [2.24, 2.45) is 5.92 Å². The third-order valence-corrected chi connectivity index (χ3v) is 7.96. The summed E-state index contributed by atoms with van der Waals surface area (Å²) in [5.74, 6) is -0.256. The van der Waals surface area contributed by atoms with Gasteiger partial charge in [0.15, 0.2) is 0 Å². The van der Waals surface area contributed by atoms with Crippen LogP contribution in [0, 0.1) is 11.7 Å². The summed E-state index contributed by atoms with van der Waals surface area (Å²) in [6.07, 6.45) is 4.50. The van der Waals surface area contributed by atoms with Gasteiger partial charge >= 0.3 is 0 Å². The SMILES string of the molecule is C[C@H]1CC(Cn2ccc3cc(-c4cn[nH]n4)ccc32)CN1S(=O)(=O)c1ccc(F)cc1. The molecule has 7 nitrogen and oxygen atoms in total. The van der Waals surface area contributed by atoms with Gasteiger partial charge in [0.25, 0.3) is 0 Å². The van der Waals surface area contributed by atoms with E-state index in [4.69, 9.17) is 0 Å². The van der Waals surface area contributed by atoms with Gasteiger partial charge in [0.1, 0.15) is 11.5 Å². The van der Waals surface area contributed by atoms with Gasteiger partial charge in [-0.1, -0.05) is 6.07 Å². The average Bonchev–Trinajstić information content (AvgIpc) is 3.49. The molecular weight excluding hydrogens is 417 g/mol. The third kappa shape index (κ3) is 3.64. The summed E-state index contributed by atoms with van der Waals surface area (Å²) in [5, 5.41) is 11.7. The first-order chi connectivity index (χ1) is 14.9. The molecule has 0 spiro atoms. The van der Waals surface area contributed by atoms with Crippen molar-refractivity contribution in [2.75, 3.05) is 6.54 Å². The number of nitrogens with one attached hydrogen (secondary N) is 1. The Balaban J connectivity index is 1.35. The molecule has 1 fully saturated rings. The molecule has 2 aromatic heterocycles. The van der Waals surface area contributed by atoms with E-state index in [0.29, 0.717) is 6.54 Å². The summed E-state index contributed by atoms with van der Waals surface area (Å²) in [6.45, 7) is 3.10. The number of H-pyrrole nitrogens is 1. The zero-order valence-corrected chi connectivity index (χ0v) is 17.8. The average molecular weight is 440 g/mol. The molecule has 4 aromatic rings. The van der Waals surface area contributed by atoms with Crippen molar-refractivity contribution in [2.45, 2.75) is 30.8 Å². The minimum Gasteiger partial charge on any atom is -0.347 e. The molecule has 1 aliphatic heterocycles. The second-order valence-corrected chi connectivity index (χ2v) is 9.97. The largest absolute Gasteiger partial charge is 0.347 e. The van der Waals surface area contributed by atoms with E-state index in [1.54, 1.807) is 10.5 Å². The highest BCUT2D eigenvalue weighted by molar-refractivity contribution is 7.89. The predicted molar refractivity (Wildman–Crippen MR) is 115 cm³/mol. The van der Waals surface area contributed by atoms with Gasteiger partial charge in [-0.2, -0.15) is 19.7 Å². The maximum Gasteiger partial charge on any atom is 0.243 e. The summed E-state index contributed by atoms with van der Waals surface area (Å²) in [7, 11) is -3.65. The van der Waals surface area contributed by atoms with Gasteiger partial charge < -0.3 is 4.57 Å².